The Hall–Kier alpha value is -4.66. The smallest absolute Gasteiger partial charge is 0.335 e. The number of sulfonamides is 1. The molecule has 0 aliphatic heterocycles. The van der Waals surface area contributed by atoms with Gasteiger partial charge in [0.25, 0.3) is 10.0 Å². The van der Waals surface area contributed by atoms with E-state index >= 15 is 0 Å². The van der Waals surface area contributed by atoms with Gasteiger partial charge in [0.1, 0.15) is 12.4 Å². The maximum absolute atomic E-state index is 13.4. The van der Waals surface area contributed by atoms with Crippen molar-refractivity contribution < 1.29 is 23.1 Å². The number of carbonyl (C=O) groups is 1. The lowest BCUT2D eigenvalue weighted by atomic mass is 9.43. The molecule has 2 bridgehead atoms. The molecule has 13 nitrogen and oxygen atoms in total. The third kappa shape index (κ3) is 7.46. The summed E-state index contributed by atoms with van der Waals surface area (Å²) in [6.07, 6.45) is 6.36. The van der Waals surface area contributed by atoms with Gasteiger partial charge in [0.15, 0.2) is 11.3 Å². The number of hydrogen-bond acceptors (Lipinski definition) is 10. The molecule has 274 valence electrons. The number of fused-ring (bicyclic) bond motifs is 1. The van der Waals surface area contributed by atoms with Gasteiger partial charge < -0.3 is 19.7 Å². The summed E-state index contributed by atoms with van der Waals surface area (Å²) in [5, 5.41) is 13.1. The number of carboxylic acids is 1. The molecule has 52 heavy (non-hydrogen) atoms. The molecule has 3 aromatic heterocycles. The van der Waals surface area contributed by atoms with Gasteiger partial charge in [0.2, 0.25) is 11.8 Å². The molecule has 0 amide bonds. The van der Waals surface area contributed by atoms with Crippen molar-refractivity contribution in [3.63, 3.8) is 0 Å². The normalized spacial score (nSPS) is 18.3. The summed E-state index contributed by atoms with van der Waals surface area (Å²) in [5.74, 6) is 0.802. The van der Waals surface area contributed by atoms with E-state index in [1.54, 1.807) is 12.3 Å². The zero-order valence-corrected chi connectivity index (χ0v) is 31.4. The number of nitrogens with one attached hydrogen (secondary N) is 2. The average Bonchev–Trinajstić information content (AvgIpc) is 3.38. The number of imidazole rings is 1. The third-order valence-electron chi connectivity index (χ3n) is 10.1. The lowest BCUT2D eigenvalue weighted by Gasteiger charge is -2.63. The van der Waals surface area contributed by atoms with E-state index in [2.05, 4.69) is 43.8 Å². The van der Waals surface area contributed by atoms with Crippen LogP contribution in [0.3, 0.4) is 0 Å². The van der Waals surface area contributed by atoms with Crippen LogP contribution >= 0.6 is 12.4 Å². The quantitative estimate of drug-likeness (QED) is 0.118. The number of rotatable bonds is 14. The highest BCUT2D eigenvalue weighted by Crippen LogP contribution is 2.66. The Kier molecular flexibility index (Phi) is 10.3. The Morgan fingerprint density at radius 3 is 2.40 bits per heavy atom. The predicted molar refractivity (Wildman–Crippen MR) is 199 cm³/mol. The molecule has 3 fully saturated rings. The fraction of sp³-hybridized carbons (Fsp3) is 0.405. The molecule has 3 aliphatic rings. The number of ether oxygens (including phenoxy) is 1. The van der Waals surface area contributed by atoms with Crippen molar-refractivity contribution in [1.82, 2.24) is 34.8 Å². The van der Waals surface area contributed by atoms with E-state index < -0.39 is 16.0 Å². The molecule has 5 aromatic rings. The van der Waals surface area contributed by atoms with Crippen LogP contribution in [0.4, 0.5) is 5.95 Å². The van der Waals surface area contributed by atoms with E-state index in [-0.39, 0.29) is 53.3 Å². The summed E-state index contributed by atoms with van der Waals surface area (Å²) in [4.78, 5) is 34.5. The van der Waals surface area contributed by atoms with Gasteiger partial charge in [-0.3, -0.25) is 0 Å². The Labute approximate surface area is 309 Å². The first-order chi connectivity index (χ1) is 24.3. The summed E-state index contributed by atoms with van der Waals surface area (Å²) in [5.41, 5.74) is 5.58. The number of benzene rings is 2. The minimum atomic E-state index is -4.24. The molecular formula is C37H43ClN8O5S. The molecule has 8 rings (SSSR count). The zero-order chi connectivity index (χ0) is 36.1. The van der Waals surface area contributed by atoms with Gasteiger partial charge in [-0.05, 0) is 80.2 Å². The van der Waals surface area contributed by atoms with Crippen LogP contribution in [0.25, 0.3) is 22.6 Å². The van der Waals surface area contributed by atoms with Crippen LogP contribution in [0.5, 0.6) is 5.88 Å². The van der Waals surface area contributed by atoms with Crippen molar-refractivity contribution in [2.24, 2.45) is 18.4 Å². The van der Waals surface area contributed by atoms with Crippen molar-refractivity contribution in [2.75, 3.05) is 11.3 Å². The highest BCUT2D eigenvalue weighted by molar-refractivity contribution is 7.92. The van der Waals surface area contributed by atoms with Crippen molar-refractivity contribution >= 4 is 45.6 Å². The SMILES string of the molecule is Cc1cccc(C)c1-c1cc(OC[C@@H](CC23CC(C2)C3)NCc2cnc3nc(C(C)C)n(C)c3n2)nc(NS(=O)(=O)c2cccc(C(=O)O)c2)n1.Cl. The van der Waals surface area contributed by atoms with Gasteiger partial charge in [0.05, 0.1) is 28.0 Å². The van der Waals surface area contributed by atoms with Crippen molar-refractivity contribution in [3.8, 4) is 17.1 Å². The molecule has 0 spiro atoms. The fourth-order valence-corrected chi connectivity index (χ4v) is 8.52. The number of carboxylic acid groups (broad SMARTS) is 1. The molecule has 1 atom stereocenters. The van der Waals surface area contributed by atoms with E-state index in [1.807, 2.05) is 43.7 Å². The van der Waals surface area contributed by atoms with E-state index in [0.29, 0.717) is 23.3 Å². The van der Waals surface area contributed by atoms with E-state index in [9.17, 15) is 18.3 Å². The Morgan fingerprint density at radius 2 is 1.75 bits per heavy atom. The number of hydrogen-bond donors (Lipinski definition) is 3. The Morgan fingerprint density at radius 1 is 1.04 bits per heavy atom. The van der Waals surface area contributed by atoms with E-state index in [1.165, 1.54) is 37.5 Å². The van der Waals surface area contributed by atoms with Crippen LogP contribution in [0.1, 0.15) is 78.5 Å². The molecule has 0 radical (unpaired) electrons. The maximum Gasteiger partial charge on any atom is 0.335 e. The van der Waals surface area contributed by atoms with E-state index in [0.717, 1.165) is 52.3 Å². The minimum Gasteiger partial charge on any atom is -0.478 e. The number of anilines is 1. The molecule has 3 heterocycles. The topological polar surface area (TPSA) is 174 Å². The molecule has 2 aromatic carbocycles. The number of aromatic nitrogens is 6. The van der Waals surface area contributed by atoms with Gasteiger partial charge in [0, 0.05) is 37.2 Å². The zero-order valence-electron chi connectivity index (χ0n) is 29.8. The Balaban J connectivity index is 0.00000464. The lowest BCUT2D eigenvalue weighted by Crippen LogP contribution is -2.55. The second kappa shape index (κ2) is 14.4. The van der Waals surface area contributed by atoms with Crippen LogP contribution in [-0.4, -0.2) is 61.6 Å². The standard InChI is InChI=1S/C37H42N8O5S.ClH/c1-21(2)33-43-32-34(45(33)5)40-27(19-39-32)18-38-26(17-37-14-24(15-37)16-37)20-50-30-13-29(31-22(3)8-6-9-23(31)4)41-36(42-30)44-51(48,49)28-11-7-10-25(12-28)35(46)47;/h6-13,19,21,24,26,38H,14-18,20H2,1-5H3,(H,46,47)(H,41,42,44);1H/t24?,26-,37?;/m1./s1. The second-order valence-electron chi connectivity index (χ2n) is 14.4. The first-order valence-electron chi connectivity index (χ1n) is 17.2. The summed E-state index contributed by atoms with van der Waals surface area (Å²) in [6, 6.07) is 12.7. The molecule has 15 heteroatoms. The summed E-state index contributed by atoms with van der Waals surface area (Å²) in [6.45, 7) is 8.88. The fourth-order valence-electron chi connectivity index (χ4n) is 7.53. The van der Waals surface area contributed by atoms with Crippen molar-refractivity contribution in [1.29, 1.82) is 0 Å². The van der Waals surface area contributed by atoms with Gasteiger partial charge >= 0.3 is 5.97 Å². The second-order valence-corrected chi connectivity index (χ2v) is 16.1. The van der Waals surface area contributed by atoms with Gasteiger partial charge in [-0.25, -0.2) is 37.9 Å². The summed E-state index contributed by atoms with van der Waals surface area (Å²) >= 11 is 0. The number of aromatic carboxylic acids is 1. The molecule has 0 unspecified atom stereocenters. The highest BCUT2D eigenvalue weighted by Gasteiger charge is 2.56. The molecule has 3 saturated carbocycles. The van der Waals surface area contributed by atoms with Crippen molar-refractivity contribution in [2.45, 2.75) is 76.8 Å². The van der Waals surface area contributed by atoms with Crippen LogP contribution < -0.4 is 14.8 Å². The number of nitrogens with zero attached hydrogens (tertiary/aromatic N) is 6. The predicted octanol–water partition coefficient (Wildman–Crippen LogP) is 6.21. The van der Waals surface area contributed by atoms with Crippen LogP contribution in [0.2, 0.25) is 0 Å². The summed E-state index contributed by atoms with van der Waals surface area (Å²) in [7, 11) is -2.27. The molecular weight excluding hydrogens is 704 g/mol. The monoisotopic (exact) mass is 746 g/mol. The van der Waals surface area contributed by atoms with Crippen LogP contribution in [0.15, 0.2) is 59.6 Å². The highest BCUT2D eigenvalue weighted by atomic mass is 35.5. The van der Waals surface area contributed by atoms with E-state index in [4.69, 9.17) is 9.72 Å². The van der Waals surface area contributed by atoms with Gasteiger partial charge in [-0.15, -0.1) is 12.4 Å². The summed E-state index contributed by atoms with van der Waals surface area (Å²) < 4.78 is 37.7. The third-order valence-corrected chi connectivity index (χ3v) is 11.4. The lowest BCUT2D eigenvalue weighted by molar-refractivity contribution is -0.119. The molecule has 3 aliphatic carbocycles. The molecule has 0 saturated heterocycles. The average molecular weight is 747 g/mol. The number of halogens is 1. The maximum atomic E-state index is 13.4. The number of aryl methyl sites for hydroxylation is 3. The molecule has 3 N–H and O–H groups in total. The van der Waals surface area contributed by atoms with Crippen molar-refractivity contribution in [3.05, 3.63) is 82.9 Å². The van der Waals surface area contributed by atoms with Gasteiger partial charge in [-0.1, -0.05) is 38.1 Å². The Bertz CT molecular complexity index is 2220. The first-order valence-corrected chi connectivity index (χ1v) is 18.6. The largest absolute Gasteiger partial charge is 0.478 e. The van der Waals surface area contributed by atoms with Crippen LogP contribution in [0, 0.1) is 25.2 Å². The van der Waals surface area contributed by atoms with Gasteiger partial charge in [-0.2, -0.15) is 4.98 Å². The minimum absolute atomic E-state index is 0. The first kappa shape index (κ1) is 37.1. The van der Waals surface area contributed by atoms with Crippen LogP contribution in [-0.2, 0) is 23.6 Å².